The Morgan fingerprint density at radius 1 is 1.37 bits per heavy atom. The van der Waals surface area contributed by atoms with E-state index in [4.69, 9.17) is 9.47 Å². The summed E-state index contributed by atoms with van der Waals surface area (Å²) in [7, 11) is 3.21. The van der Waals surface area contributed by atoms with Crippen LogP contribution < -0.4 is 9.47 Å². The van der Waals surface area contributed by atoms with Crippen LogP contribution in [0, 0.1) is 11.8 Å². The highest BCUT2D eigenvalue weighted by molar-refractivity contribution is 5.82. The van der Waals surface area contributed by atoms with E-state index in [1.807, 2.05) is 0 Å². The number of hydrogen-bond donors (Lipinski definition) is 0. The minimum absolute atomic E-state index is 0.0669. The van der Waals surface area contributed by atoms with Crippen molar-refractivity contribution in [2.75, 3.05) is 14.2 Å². The quantitative estimate of drug-likeness (QED) is 0.838. The van der Waals surface area contributed by atoms with Gasteiger partial charge in [-0.2, -0.15) is 0 Å². The van der Waals surface area contributed by atoms with Crippen molar-refractivity contribution in [1.29, 1.82) is 0 Å². The lowest BCUT2D eigenvalue weighted by molar-refractivity contribution is -0.125. The number of hydrogen-bond acceptors (Lipinski definition) is 4. The van der Waals surface area contributed by atoms with E-state index < -0.39 is 0 Å². The molecule has 104 valence electrons. The van der Waals surface area contributed by atoms with Crippen molar-refractivity contribution in [2.24, 2.45) is 11.8 Å². The van der Waals surface area contributed by atoms with Crippen molar-refractivity contribution >= 4 is 5.78 Å². The fourth-order valence-corrected chi connectivity index (χ4v) is 2.75. The van der Waals surface area contributed by atoms with E-state index in [1.165, 1.54) is 0 Å². The van der Waals surface area contributed by atoms with E-state index in [2.05, 4.69) is 11.9 Å². The number of carbonyl (C=O) groups is 1. The van der Waals surface area contributed by atoms with Gasteiger partial charge in [0.1, 0.15) is 5.78 Å². The molecule has 1 aromatic heterocycles. The number of methoxy groups -OCH3 is 2. The van der Waals surface area contributed by atoms with Crippen LogP contribution in [0.5, 0.6) is 11.5 Å². The Hall–Kier alpha value is -1.58. The predicted molar refractivity (Wildman–Crippen MR) is 72.6 cm³/mol. The monoisotopic (exact) mass is 263 g/mol. The van der Waals surface area contributed by atoms with E-state index in [0.717, 1.165) is 18.5 Å². The first-order valence-electron chi connectivity index (χ1n) is 6.74. The van der Waals surface area contributed by atoms with E-state index >= 15 is 0 Å². The van der Waals surface area contributed by atoms with Crippen LogP contribution in [0.15, 0.2) is 12.3 Å². The molecule has 0 N–H and O–H groups in total. The molecule has 0 amide bonds. The summed E-state index contributed by atoms with van der Waals surface area (Å²) < 4.78 is 10.6. The van der Waals surface area contributed by atoms with E-state index in [-0.39, 0.29) is 5.92 Å². The minimum Gasteiger partial charge on any atom is -0.493 e. The van der Waals surface area contributed by atoms with Gasteiger partial charge in [-0.3, -0.25) is 9.78 Å². The second-order valence-electron chi connectivity index (χ2n) is 5.24. The standard InChI is InChI=1S/C15H21NO3/c1-10-4-5-13(17)11(8-10)9-12-15(19-3)14(18-2)6-7-16-12/h6-7,10-11H,4-5,8-9H2,1-3H3. The van der Waals surface area contributed by atoms with Gasteiger partial charge in [0.2, 0.25) is 0 Å². The third kappa shape index (κ3) is 3.06. The molecule has 1 fully saturated rings. The number of aromatic nitrogens is 1. The van der Waals surface area contributed by atoms with Gasteiger partial charge >= 0.3 is 0 Å². The molecule has 0 radical (unpaired) electrons. The van der Waals surface area contributed by atoms with Crippen molar-refractivity contribution in [3.8, 4) is 11.5 Å². The number of Topliss-reactive ketones (excluding diaryl/α,β-unsaturated/α-hetero) is 1. The maximum absolute atomic E-state index is 12.0. The molecule has 1 aromatic rings. The summed E-state index contributed by atoms with van der Waals surface area (Å²) in [6, 6.07) is 1.77. The lowest BCUT2D eigenvalue weighted by Gasteiger charge is -2.25. The van der Waals surface area contributed by atoms with Gasteiger partial charge in [-0.05, 0) is 18.8 Å². The van der Waals surface area contributed by atoms with Crippen molar-refractivity contribution in [3.05, 3.63) is 18.0 Å². The Morgan fingerprint density at radius 3 is 2.84 bits per heavy atom. The number of ether oxygens (including phenoxy) is 2. The number of pyridine rings is 1. The molecule has 4 nitrogen and oxygen atoms in total. The SMILES string of the molecule is COc1ccnc(CC2CC(C)CCC2=O)c1OC. The highest BCUT2D eigenvalue weighted by Gasteiger charge is 2.28. The third-order valence-corrected chi connectivity index (χ3v) is 3.83. The zero-order chi connectivity index (χ0) is 13.8. The molecule has 1 aliphatic rings. The number of rotatable bonds is 4. The van der Waals surface area contributed by atoms with Crippen LogP contribution >= 0.6 is 0 Å². The van der Waals surface area contributed by atoms with Crippen LogP contribution in [0.1, 0.15) is 31.9 Å². The first kappa shape index (κ1) is 13.8. The molecule has 1 saturated carbocycles. The molecule has 0 aromatic carbocycles. The van der Waals surface area contributed by atoms with Crippen LogP contribution in [-0.4, -0.2) is 25.0 Å². The van der Waals surface area contributed by atoms with Crippen LogP contribution in [0.25, 0.3) is 0 Å². The molecular weight excluding hydrogens is 242 g/mol. The summed E-state index contributed by atoms with van der Waals surface area (Å²) in [5, 5.41) is 0. The lowest BCUT2D eigenvalue weighted by Crippen LogP contribution is -2.25. The summed E-state index contributed by atoms with van der Waals surface area (Å²) in [6.45, 7) is 2.20. The Balaban J connectivity index is 2.20. The highest BCUT2D eigenvalue weighted by Crippen LogP contribution is 2.34. The largest absolute Gasteiger partial charge is 0.493 e. The fourth-order valence-electron chi connectivity index (χ4n) is 2.75. The number of ketones is 1. The Kier molecular flexibility index (Phi) is 4.40. The molecule has 4 heteroatoms. The van der Waals surface area contributed by atoms with Gasteiger partial charge in [-0.25, -0.2) is 0 Å². The average molecular weight is 263 g/mol. The van der Waals surface area contributed by atoms with Crippen molar-refractivity contribution in [2.45, 2.75) is 32.6 Å². The summed E-state index contributed by atoms with van der Waals surface area (Å²) in [5.74, 6) is 2.35. The highest BCUT2D eigenvalue weighted by atomic mass is 16.5. The van der Waals surface area contributed by atoms with E-state index in [0.29, 0.717) is 36.0 Å². The second-order valence-corrected chi connectivity index (χ2v) is 5.24. The molecule has 2 atom stereocenters. The third-order valence-electron chi connectivity index (χ3n) is 3.83. The second kappa shape index (κ2) is 6.04. The van der Waals surface area contributed by atoms with Crippen LogP contribution in [-0.2, 0) is 11.2 Å². The van der Waals surface area contributed by atoms with Crippen molar-refractivity contribution in [3.63, 3.8) is 0 Å². The predicted octanol–water partition coefficient (Wildman–Crippen LogP) is 2.65. The maximum atomic E-state index is 12.0. The zero-order valence-electron chi connectivity index (χ0n) is 11.8. The fraction of sp³-hybridized carbons (Fsp3) is 0.600. The Labute approximate surface area is 114 Å². The van der Waals surface area contributed by atoms with Crippen LogP contribution in [0.2, 0.25) is 0 Å². The number of nitrogens with zero attached hydrogens (tertiary/aromatic N) is 1. The molecule has 0 aliphatic heterocycles. The normalized spacial score (nSPS) is 23.2. The van der Waals surface area contributed by atoms with Crippen LogP contribution in [0.4, 0.5) is 0 Å². The molecular formula is C15H21NO3. The maximum Gasteiger partial charge on any atom is 0.182 e. The van der Waals surface area contributed by atoms with Crippen molar-refractivity contribution in [1.82, 2.24) is 4.98 Å². The van der Waals surface area contributed by atoms with Gasteiger partial charge in [0.15, 0.2) is 11.5 Å². The zero-order valence-corrected chi connectivity index (χ0v) is 11.8. The first-order valence-corrected chi connectivity index (χ1v) is 6.74. The van der Waals surface area contributed by atoms with E-state index in [1.54, 1.807) is 26.5 Å². The van der Waals surface area contributed by atoms with Gasteiger partial charge in [-0.1, -0.05) is 6.92 Å². The molecule has 0 saturated heterocycles. The molecule has 2 unspecified atom stereocenters. The number of carbonyl (C=O) groups excluding carboxylic acids is 1. The van der Waals surface area contributed by atoms with Gasteiger partial charge in [0, 0.05) is 31.0 Å². The first-order chi connectivity index (χ1) is 9.15. The molecule has 2 rings (SSSR count). The van der Waals surface area contributed by atoms with Crippen LogP contribution in [0.3, 0.4) is 0 Å². The van der Waals surface area contributed by atoms with Crippen molar-refractivity contribution < 1.29 is 14.3 Å². The Bertz CT molecular complexity index is 459. The lowest BCUT2D eigenvalue weighted by atomic mass is 9.79. The summed E-state index contributed by atoms with van der Waals surface area (Å²) in [4.78, 5) is 16.4. The molecule has 1 heterocycles. The van der Waals surface area contributed by atoms with Gasteiger partial charge in [-0.15, -0.1) is 0 Å². The summed E-state index contributed by atoms with van der Waals surface area (Å²) in [6.07, 6.45) is 4.99. The average Bonchev–Trinajstić information content (AvgIpc) is 2.42. The molecule has 1 aliphatic carbocycles. The van der Waals surface area contributed by atoms with E-state index in [9.17, 15) is 4.79 Å². The molecule has 19 heavy (non-hydrogen) atoms. The van der Waals surface area contributed by atoms with Gasteiger partial charge in [0.25, 0.3) is 0 Å². The molecule has 0 bridgehead atoms. The van der Waals surface area contributed by atoms with Gasteiger partial charge < -0.3 is 9.47 Å². The molecule has 0 spiro atoms. The smallest absolute Gasteiger partial charge is 0.182 e. The van der Waals surface area contributed by atoms with Gasteiger partial charge in [0.05, 0.1) is 19.9 Å². The topological polar surface area (TPSA) is 48.4 Å². The minimum atomic E-state index is 0.0669. The Morgan fingerprint density at radius 2 is 2.16 bits per heavy atom. The summed E-state index contributed by atoms with van der Waals surface area (Å²) in [5.41, 5.74) is 0.814. The summed E-state index contributed by atoms with van der Waals surface area (Å²) >= 11 is 0.